The third kappa shape index (κ3) is 13.6. The first-order chi connectivity index (χ1) is 35.1. The van der Waals surface area contributed by atoms with Crippen LogP contribution in [0.2, 0.25) is 0 Å². The van der Waals surface area contributed by atoms with Crippen LogP contribution >= 0.6 is 11.8 Å². The quantitative estimate of drug-likeness (QED) is 0.0424. The van der Waals surface area contributed by atoms with Gasteiger partial charge in [-0.15, -0.1) is 11.8 Å². The fraction of sp³-hybridized carbons (Fsp3) is 0.358. The Hall–Kier alpha value is -7.71. The Kier molecular flexibility index (Phi) is 17.9. The molecule has 3 heterocycles. The lowest BCUT2D eigenvalue weighted by Gasteiger charge is -2.28. The molecule has 384 valence electrons. The molecule has 20 heteroatoms. The predicted molar refractivity (Wildman–Crippen MR) is 273 cm³/mol. The van der Waals surface area contributed by atoms with E-state index in [0.717, 1.165) is 16.5 Å². The first-order valence-corrected chi connectivity index (χ1v) is 25.3. The lowest BCUT2D eigenvalue weighted by molar-refractivity contribution is -0.141. The van der Waals surface area contributed by atoms with E-state index in [1.165, 1.54) is 28.8 Å². The number of carboxylic acid groups (broad SMARTS) is 1. The molecule has 2 aliphatic heterocycles. The monoisotopic (exact) mass is 1020 g/mol. The van der Waals surface area contributed by atoms with Crippen LogP contribution in [0.1, 0.15) is 54.9 Å². The summed E-state index contributed by atoms with van der Waals surface area (Å²) in [5.41, 5.74) is 15.7. The van der Waals surface area contributed by atoms with E-state index in [9.17, 15) is 48.6 Å². The van der Waals surface area contributed by atoms with Crippen LogP contribution in [0.25, 0.3) is 10.9 Å². The van der Waals surface area contributed by atoms with Crippen LogP contribution in [0.15, 0.2) is 115 Å². The van der Waals surface area contributed by atoms with Gasteiger partial charge in [0.25, 0.3) is 0 Å². The first-order valence-electron chi connectivity index (χ1n) is 24.2. The number of carboxylic acids is 1. The summed E-state index contributed by atoms with van der Waals surface area (Å²) in [6.45, 7) is 1.87. The van der Waals surface area contributed by atoms with Crippen LogP contribution in [0.3, 0.4) is 0 Å². The SMILES string of the molecule is CCCC[C@H](NC(=O)[C@H](Cc1c[nH]c2ccccc12)NC(=O)[C@@H]1CS[C@H]2[C@H](Cc3ccccc3)[C@H](NC(=O)[C@@H](N)Cc3ccc(O)cc3)C(=O)N12)C(=O)N[C@@H](CC(=O)O)C(=O)N[C@@H](Cc1ccccc1)C(N)=O. The average Bonchev–Trinajstić information content (AvgIpc) is 4.07. The van der Waals surface area contributed by atoms with Crippen molar-refractivity contribution in [3.05, 3.63) is 138 Å². The summed E-state index contributed by atoms with van der Waals surface area (Å²) in [5, 5.41) is 33.2. The molecule has 1 aromatic heterocycles. The summed E-state index contributed by atoms with van der Waals surface area (Å²) in [4.78, 5) is 115. The number of unbranched alkanes of at least 4 members (excludes halogenated alkanes) is 1. The molecule has 9 atom stereocenters. The summed E-state index contributed by atoms with van der Waals surface area (Å²) in [7, 11) is 0. The number of nitrogens with zero attached hydrogens (tertiary/aromatic N) is 1. The van der Waals surface area contributed by atoms with Crippen LogP contribution in [0.5, 0.6) is 5.75 Å². The average molecular weight is 1020 g/mol. The van der Waals surface area contributed by atoms with Crippen molar-refractivity contribution < 1.29 is 48.6 Å². The van der Waals surface area contributed by atoms with E-state index in [4.69, 9.17) is 11.5 Å². The van der Waals surface area contributed by atoms with Crippen molar-refractivity contribution in [2.45, 2.75) is 106 Å². The lowest BCUT2D eigenvalue weighted by Crippen LogP contribution is -2.60. The van der Waals surface area contributed by atoms with Gasteiger partial charge in [-0.3, -0.25) is 38.4 Å². The highest BCUT2D eigenvalue weighted by molar-refractivity contribution is 8.00. The molecule has 0 unspecified atom stereocenters. The Morgan fingerprint density at radius 2 is 1.33 bits per heavy atom. The van der Waals surface area contributed by atoms with E-state index >= 15 is 0 Å². The number of para-hydroxylation sites is 1. The van der Waals surface area contributed by atoms with Crippen LogP contribution in [0, 0.1) is 5.92 Å². The van der Waals surface area contributed by atoms with Gasteiger partial charge in [0.15, 0.2) is 0 Å². The molecule has 2 fully saturated rings. The zero-order chi connectivity index (χ0) is 52.2. The number of amides is 7. The summed E-state index contributed by atoms with van der Waals surface area (Å²) >= 11 is 1.39. The van der Waals surface area contributed by atoms with Crippen molar-refractivity contribution in [2.75, 3.05) is 5.75 Å². The molecular formula is C53H61N9O10S. The maximum absolute atomic E-state index is 14.7. The maximum Gasteiger partial charge on any atom is 0.305 e. The maximum atomic E-state index is 14.7. The van der Waals surface area contributed by atoms with Gasteiger partial charge >= 0.3 is 5.97 Å². The number of fused-ring (bicyclic) bond motifs is 2. The lowest BCUT2D eigenvalue weighted by atomic mass is 9.94. The summed E-state index contributed by atoms with van der Waals surface area (Å²) < 4.78 is 0. The summed E-state index contributed by atoms with van der Waals surface area (Å²) in [6, 6.07) is 23.1. The number of carbonyl (C=O) groups is 8. The normalized spacial score (nSPS) is 19.2. The Morgan fingerprint density at radius 3 is 2.00 bits per heavy atom. The Bertz CT molecular complexity index is 2780. The number of H-pyrrole nitrogens is 1. The third-order valence-corrected chi connectivity index (χ3v) is 14.6. The third-order valence-electron chi connectivity index (χ3n) is 13.2. The van der Waals surface area contributed by atoms with Gasteiger partial charge < -0.3 is 58.1 Å². The van der Waals surface area contributed by atoms with Crippen LogP contribution in [-0.2, 0) is 64.0 Å². The number of carbonyl (C=O) groups excluding carboxylic acids is 7. The van der Waals surface area contributed by atoms with E-state index in [0.29, 0.717) is 36.0 Å². The number of aliphatic carboxylic acids is 1. The smallest absolute Gasteiger partial charge is 0.305 e. The fourth-order valence-corrected chi connectivity index (χ4v) is 10.9. The van der Waals surface area contributed by atoms with Gasteiger partial charge in [0.05, 0.1) is 17.8 Å². The number of primary amides is 1. The molecule has 0 spiro atoms. The molecule has 73 heavy (non-hydrogen) atoms. The molecule has 0 radical (unpaired) electrons. The number of phenols is 1. The second-order valence-corrected chi connectivity index (χ2v) is 19.6. The highest BCUT2D eigenvalue weighted by Crippen LogP contribution is 2.43. The zero-order valence-electron chi connectivity index (χ0n) is 40.2. The molecule has 0 saturated carbocycles. The van der Waals surface area contributed by atoms with Gasteiger partial charge in [-0.1, -0.05) is 111 Å². The van der Waals surface area contributed by atoms with Crippen LogP contribution < -0.4 is 38.1 Å². The number of aromatic nitrogens is 1. The van der Waals surface area contributed by atoms with Crippen molar-refractivity contribution in [2.24, 2.45) is 17.4 Å². The molecule has 12 N–H and O–H groups in total. The van der Waals surface area contributed by atoms with Crippen LogP contribution in [0.4, 0.5) is 0 Å². The van der Waals surface area contributed by atoms with Crippen molar-refractivity contribution in [3.8, 4) is 5.75 Å². The van der Waals surface area contributed by atoms with Gasteiger partial charge in [-0.25, -0.2) is 0 Å². The van der Waals surface area contributed by atoms with Gasteiger partial charge in [0.1, 0.15) is 42.0 Å². The number of benzene rings is 4. The number of phenolic OH excluding ortho intramolecular Hbond substituents is 1. The van der Waals surface area contributed by atoms with Gasteiger partial charge in [-0.05, 0) is 59.7 Å². The molecule has 0 aliphatic carbocycles. The largest absolute Gasteiger partial charge is 0.508 e. The topological polar surface area (TPSA) is 308 Å². The van der Waals surface area contributed by atoms with Crippen molar-refractivity contribution in [1.29, 1.82) is 0 Å². The first kappa shape index (κ1) is 53.1. The molecule has 7 rings (SSSR count). The molecule has 4 aromatic carbocycles. The molecule has 2 aliphatic rings. The van der Waals surface area contributed by atoms with E-state index < -0.39 is 107 Å². The number of rotatable bonds is 24. The van der Waals surface area contributed by atoms with Gasteiger partial charge in [0, 0.05) is 41.6 Å². The number of hydrogen-bond donors (Lipinski definition) is 10. The number of aromatic hydroxyl groups is 1. The zero-order valence-corrected chi connectivity index (χ0v) is 41.0. The number of aromatic amines is 1. The van der Waals surface area contributed by atoms with Crippen molar-refractivity contribution in [1.82, 2.24) is 36.5 Å². The molecule has 7 amide bonds. The minimum atomic E-state index is -1.68. The number of hydrogen-bond acceptors (Lipinski definition) is 11. The standard InChI is InChI=1S/C53H61N9O10S/c1-2-3-17-39(48(68)59-42(27-44(64)65)50(70)58-40(46(55)66)25-31-14-8-5-9-15-31)57-49(69)41(26-33-28-56-38-18-11-10-16-35(33)38)60-51(71)43-29-73-53-36(23-30-12-6-4-7-13-30)45(52(72)62(43)53)61-47(67)37(54)24-32-19-21-34(63)22-20-32/h4-16,18-22,28,36-37,39-43,45,53,56,63H,2-3,17,23-27,29,54H2,1H3,(H2,55,66)(H,57,69)(H,58,70)(H,59,68)(H,60,71)(H,61,67)(H,64,65)/t36-,37+,39+,40+,41+,42+,43+,45+,53+/m1/s1. The number of nitrogens with one attached hydrogen (secondary N) is 6. The minimum Gasteiger partial charge on any atom is -0.508 e. The van der Waals surface area contributed by atoms with Gasteiger partial charge in [0.2, 0.25) is 41.4 Å². The van der Waals surface area contributed by atoms with Crippen molar-refractivity contribution in [3.63, 3.8) is 0 Å². The Labute approximate surface area is 426 Å². The predicted octanol–water partition coefficient (Wildman–Crippen LogP) is 1.95. The van der Waals surface area contributed by atoms with E-state index in [2.05, 4.69) is 31.6 Å². The molecule has 2 saturated heterocycles. The Morgan fingerprint density at radius 1 is 0.726 bits per heavy atom. The van der Waals surface area contributed by atoms with E-state index in [1.54, 1.807) is 48.7 Å². The van der Waals surface area contributed by atoms with Crippen LogP contribution in [-0.4, -0.2) is 121 Å². The highest BCUT2D eigenvalue weighted by atomic mass is 32.2. The fourth-order valence-electron chi connectivity index (χ4n) is 9.31. The summed E-state index contributed by atoms with van der Waals surface area (Å²) in [5.74, 6) is -6.88. The second kappa shape index (κ2) is 24.6. The van der Waals surface area contributed by atoms with Gasteiger partial charge in [-0.2, -0.15) is 0 Å². The molecule has 5 aromatic rings. The molecule has 0 bridgehead atoms. The number of thioether (sulfide) groups is 1. The molecule has 19 nitrogen and oxygen atoms in total. The molecular weight excluding hydrogens is 955 g/mol. The number of nitrogens with two attached hydrogens (primary N) is 2. The Balaban J connectivity index is 1.11. The second-order valence-electron chi connectivity index (χ2n) is 18.4. The highest BCUT2D eigenvalue weighted by Gasteiger charge is 2.56. The van der Waals surface area contributed by atoms with E-state index in [1.807, 2.05) is 61.5 Å². The summed E-state index contributed by atoms with van der Waals surface area (Å²) in [6.07, 6.45) is 2.40. The van der Waals surface area contributed by atoms with E-state index in [-0.39, 0.29) is 37.2 Å². The minimum absolute atomic E-state index is 0.00360. The van der Waals surface area contributed by atoms with Crippen molar-refractivity contribution >= 4 is 70.0 Å².